The van der Waals surface area contributed by atoms with E-state index in [0.29, 0.717) is 32.4 Å². The second kappa shape index (κ2) is 9.82. The van der Waals surface area contributed by atoms with Crippen LogP contribution in [-0.4, -0.2) is 58.7 Å². The van der Waals surface area contributed by atoms with Crippen LogP contribution in [0.3, 0.4) is 0 Å². The van der Waals surface area contributed by atoms with Gasteiger partial charge in [-0.1, -0.05) is 6.92 Å². The van der Waals surface area contributed by atoms with Crippen molar-refractivity contribution in [1.29, 1.82) is 0 Å². The van der Waals surface area contributed by atoms with Crippen molar-refractivity contribution in [2.75, 3.05) is 24.2 Å². The summed E-state index contributed by atoms with van der Waals surface area (Å²) < 4.78 is 59.7. The minimum absolute atomic E-state index is 0.0527. The van der Waals surface area contributed by atoms with Crippen molar-refractivity contribution in [3.63, 3.8) is 0 Å². The summed E-state index contributed by atoms with van der Waals surface area (Å²) in [6.07, 6.45) is 3.80. The summed E-state index contributed by atoms with van der Waals surface area (Å²) in [5.41, 5.74) is 0.0833. The first-order valence-corrected chi connectivity index (χ1v) is 11.9. The molecule has 0 unspecified atom stereocenters. The summed E-state index contributed by atoms with van der Waals surface area (Å²) in [5.74, 6) is -1.24. The first-order valence-electron chi connectivity index (χ1n) is 10.3. The molecule has 1 N–H and O–H groups in total. The predicted octanol–water partition coefficient (Wildman–Crippen LogP) is 3.22. The molecule has 0 aliphatic carbocycles. The molecule has 0 aromatic carbocycles. The number of nitrogens with zero attached hydrogens (tertiary/aromatic N) is 4. The van der Waals surface area contributed by atoms with Gasteiger partial charge < -0.3 is 10.1 Å². The molecular formula is C20H27F2N5O3S. The molecule has 170 valence electrons. The average molecular weight is 456 g/mol. The number of halogens is 2. The van der Waals surface area contributed by atoms with Crippen molar-refractivity contribution in [1.82, 2.24) is 19.3 Å². The van der Waals surface area contributed by atoms with E-state index < -0.39 is 21.7 Å². The zero-order valence-electron chi connectivity index (χ0n) is 17.8. The van der Waals surface area contributed by atoms with Crippen LogP contribution in [0.1, 0.15) is 40.0 Å². The number of piperidine rings is 1. The fourth-order valence-corrected chi connectivity index (χ4v) is 4.89. The van der Waals surface area contributed by atoms with Gasteiger partial charge in [-0.2, -0.15) is 0 Å². The van der Waals surface area contributed by atoms with Crippen LogP contribution in [-0.2, 0) is 10.0 Å². The third-order valence-electron chi connectivity index (χ3n) is 4.81. The molecule has 1 saturated heterocycles. The van der Waals surface area contributed by atoms with Crippen LogP contribution in [0.2, 0.25) is 0 Å². The monoisotopic (exact) mass is 455 g/mol. The number of ether oxygens (including phenoxy) is 1. The smallest absolute Gasteiger partial charge is 0.250 e. The van der Waals surface area contributed by atoms with Crippen molar-refractivity contribution < 1.29 is 21.9 Å². The molecule has 8 nitrogen and oxygen atoms in total. The van der Waals surface area contributed by atoms with E-state index in [4.69, 9.17) is 4.74 Å². The highest BCUT2D eigenvalue weighted by Crippen LogP contribution is 2.26. The normalized spacial score (nSPS) is 15.9. The molecule has 3 heterocycles. The molecule has 31 heavy (non-hydrogen) atoms. The predicted molar refractivity (Wildman–Crippen MR) is 113 cm³/mol. The molecule has 1 fully saturated rings. The Balaban J connectivity index is 1.70. The largest absolute Gasteiger partial charge is 0.473 e. The van der Waals surface area contributed by atoms with Crippen molar-refractivity contribution in [3.8, 4) is 17.1 Å². The molecule has 0 atom stereocenters. The highest BCUT2D eigenvalue weighted by molar-refractivity contribution is 7.89. The first kappa shape index (κ1) is 23.3. The number of sulfonamides is 1. The molecule has 2 aromatic rings. The number of anilines is 1. The molecule has 0 spiro atoms. The molecule has 1 aliphatic rings. The van der Waals surface area contributed by atoms with Crippen molar-refractivity contribution in [2.45, 2.75) is 52.2 Å². The molecule has 3 rings (SSSR count). The quantitative estimate of drug-likeness (QED) is 0.653. The standard InChI is InChI=1S/C20H27F2N5O3S/c1-4-9-31(28,29)27-7-5-15(6-8-27)25-20-24-12-17(22)18(26-20)14-10-16(21)19(23-11-14)30-13(2)3/h10-13,15H,4-9H2,1-3H3,(H,24,25,26). The summed E-state index contributed by atoms with van der Waals surface area (Å²) in [6.45, 7) is 6.14. The SMILES string of the molecule is CCCS(=O)(=O)N1CCC(Nc2ncc(F)c(-c3cnc(OC(C)C)c(F)c3)n2)CC1. The zero-order chi connectivity index (χ0) is 22.6. The number of hydrogen-bond acceptors (Lipinski definition) is 7. The maximum Gasteiger partial charge on any atom is 0.250 e. The van der Waals surface area contributed by atoms with Crippen molar-refractivity contribution >= 4 is 16.0 Å². The third kappa shape index (κ3) is 5.85. The van der Waals surface area contributed by atoms with E-state index in [1.165, 1.54) is 10.5 Å². The van der Waals surface area contributed by atoms with E-state index in [2.05, 4.69) is 20.3 Å². The Labute approximate surface area is 181 Å². The Morgan fingerprint density at radius 1 is 1.19 bits per heavy atom. The average Bonchev–Trinajstić information content (AvgIpc) is 2.71. The van der Waals surface area contributed by atoms with Crippen LogP contribution >= 0.6 is 0 Å². The first-order chi connectivity index (χ1) is 14.7. The van der Waals surface area contributed by atoms with E-state index in [9.17, 15) is 17.2 Å². The van der Waals surface area contributed by atoms with Gasteiger partial charge >= 0.3 is 0 Å². The van der Waals surface area contributed by atoms with Crippen LogP contribution in [0.5, 0.6) is 5.88 Å². The van der Waals surface area contributed by atoms with Crippen LogP contribution in [0.15, 0.2) is 18.5 Å². The highest BCUT2D eigenvalue weighted by atomic mass is 32.2. The Morgan fingerprint density at radius 3 is 2.52 bits per heavy atom. The topological polar surface area (TPSA) is 97.3 Å². The van der Waals surface area contributed by atoms with E-state index in [1.54, 1.807) is 13.8 Å². The van der Waals surface area contributed by atoms with E-state index >= 15 is 0 Å². The lowest BCUT2D eigenvalue weighted by atomic mass is 10.1. The Kier molecular flexibility index (Phi) is 7.37. The van der Waals surface area contributed by atoms with Gasteiger partial charge in [-0.25, -0.2) is 36.5 Å². The number of pyridine rings is 1. The van der Waals surface area contributed by atoms with E-state index in [1.807, 2.05) is 6.92 Å². The van der Waals surface area contributed by atoms with Gasteiger partial charge in [-0.15, -0.1) is 0 Å². The minimum atomic E-state index is -3.22. The highest BCUT2D eigenvalue weighted by Gasteiger charge is 2.27. The molecule has 0 saturated carbocycles. The van der Waals surface area contributed by atoms with Gasteiger partial charge in [0, 0.05) is 30.9 Å². The van der Waals surface area contributed by atoms with Crippen LogP contribution in [0.4, 0.5) is 14.7 Å². The zero-order valence-corrected chi connectivity index (χ0v) is 18.6. The van der Waals surface area contributed by atoms with E-state index in [0.717, 1.165) is 12.3 Å². The fraction of sp³-hybridized carbons (Fsp3) is 0.550. The molecule has 1 aliphatic heterocycles. The van der Waals surface area contributed by atoms with Gasteiger partial charge in [0.25, 0.3) is 5.88 Å². The van der Waals surface area contributed by atoms with Crippen LogP contribution in [0.25, 0.3) is 11.3 Å². The van der Waals surface area contributed by atoms with Crippen molar-refractivity contribution in [3.05, 3.63) is 30.1 Å². The number of nitrogens with one attached hydrogen (secondary N) is 1. The van der Waals surface area contributed by atoms with Gasteiger partial charge in [-0.05, 0) is 39.2 Å². The van der Waals surface area contributed by atoms with E-state index in [-0.39, 0.29) is 41.0 Å². The van der Waals surface area contributed by atoms with Gasteiger partial charge in [0.15, 0.2) is 11.6 Å². The fourth-order valence-electron chi connectivity index (χ4n) is 3.35. The summed E-state index contributed by atoms with van der Waals surface area (Å²) >= 11 is 0. The Morgan fingerprint density at radius 2 is 1.90 bits per heavy atom. The van der Waals surface area contributed by atoms with Crippen LogP contribution < -0.4 is 10.1 Å². The van der Waals surface area contributed by atoms with Gasteiger partial charge in [0.05, 0.1) is 18.1 Å². The maximum absolute atomic E-state index is 14.3. The molecule has 0 radical (unpaired) electrons. The number of rotatable bonds is 8. The molecular weight excluding hydrogens is 428 g/mol. The third-order valence-corrected chi connectivity index (χ3v) is 6.89. The summed E-state index contributed by atoms with van der Waals surface area (Å²) in [7, 11) is -3.22. The lowest BCUT2D eigenvalue weighted by molar-refractivity contribution is 0.221. The van der Waals surface area contributed by atoms with Gasteiger partial charge in [-0.3, -0.25) is 0 Å². The second-order valence-electron chi connectivity index (χ2n) is 7.70. The second-order valence-corrected chi connectivity index (χ2v) is 9.79. The molecule has 0 amide bonds. The van der Waals surface area contributed by atoms with Gasteiger partial charge in [0.1, 0.15) is 5.69 Å². The molecule has 2 aromatic heterocycles. The lowest BCUT2D eigenvalue weighted by Crippen LogP contribution is -2.43. The number of hydrogen-bond donors (Lipinski definition) is 1. The Hall–Kier alpha value is -2.40. The van der Waals surface area contributed by atoms with Crippen LogP contribution in [0, 0.1) is 11.6 Å². The molecule has 0 bridgehead atoms. The number of aromatic nitrogens is 3. The lowest BCUT2D eigenvalue weighted by Gasteiger charge is -2.31. The maximum atomic E-state index is 14.3. The summed E-state index contributed by atoms with van der Waals surface area (Å²) in [4.78, 5) is 12.1. The van der Waals surface area contributed by atoms with Gasteiger partial charge in [0.2, 0.25) is 16.0 Å². The summed E-state index contributed by atoms with van der Waals surface area (Å²) in [6, 6.07) is 1.07. The summed E-state index contributed by atoms with van der Waals surface area (Å²) in [5, 5.41) is 3.13. The van der Waals surface area contributed by atoms with Crippen molar-refractivity contribution in [2.24, 2.45) is 0 Å². The molecule has 11 heteroatoms. The Bertz CT molecular complexity index is 1010. The minimum Gasteiger partial charge on any atom is -0.473 e.